The summed E-state index contributed by atoms with van der Waals surface area (Å²) < 4.78 is 0. The lowest BCUT2D eigenvalue weighted by molar-refractivity contribution is -0.141. The Balaban J connectivity index is 1.66. The zero-order chi connectivity index (χ0) is 23.6. The van der Waals surface area contributed by atoms with Crippen molar-refractivity contribution in [3.05, 3.63) is 65.7 Å². The van der Waals surface area contributed by atoms with Crippen molar-refractivity contribution in [2.75, 3.05) is 18.0 Å². The average Bonchev–Trinajstić information content (AvgIpc) is 3.30. The number of unbranched alkanes of at least 4 members (excludes halogenated alkanes) is 1. The molecule has 1 unspecified atom stereocenters. The number of aliphatic carboxylic acids is 1. The van der Waals surface area contributed by atoms with Crippen molar-refractivity contribution in [1.29, 1.82) is 0 Å². The fourth-order valence-corrected chi connectivity index (χ4v) is 4.13. The standard InChI is InChI=1S/C25H30N4O3S/c1-3-4-14-29(22(30)15-19-8-6-5-7-9-19)25-28-27-23(33-25)21-12-10-20(11-13-21)17-26-16-18(2)24(31)32/h5-13,18,26H,3-4,14-17H2,1-2H3,(H,31,32). The predicted molar refractivity (Wildman–Crippen MR) is 131 cm³/mol. The molecule has 2 N–H and O–H groups in total. The largest absolute Gasteiger partial charge is 0.481 e. The van der Waals surface area contributed by atoms with E-state index >= 15 is 0 Å². The lowest BCUT2D eigenvalue weighted by Crippen LogP contribution is -2.33. The summed E-state index contributed by atoms with van der Waals surface area (Å²) in [7, 11) is 0. The Morgan fingerprint density at radius 3 is 2.45 bits per heavy atom. The van der Waals surface area contributed by atoms with Gasteiger partial charge in [-0.3, -0.25) is 14.5 Å². The number of hydrogen-bond acceptors (Lipinski definition) is 6. The summed E-state index contributed by atoms with van der Waals surface area (Å²) in [5, 5.41) is 22.2. The molecule has 0 bridgehead atoms. The molecule has 1 amide bonds. The Bertz CT molecular complexity index is 1040. The van der Waals surface area contributed by atoms with E-state index < -0.39 is 11.9 Å². The normalized spacial score (nSPS) is 11.8. The van der Waals surface area contributed by atoms with Crippen LogP contribution in [0.5, 0.6) is 0 Å². The fraction of sp³-hybridized carbons (Fsp3) is 0.360. The highest BCUT2D eigenvalue weighted by Gasteiger charge is 2.20. The van der Waals surface area contributed by atoms with Gasteiger partial charge in [0.25, 0.3) is 0 Å². The van der Waals surface area contributed by atoms with Gasteiger partial charge < -0.3 is 10.4 Å². The van der Waals surface area contributed by atoms with Crippen LogP contribution in [-0.4, -0.2) is 40.3 Å². The van der Waals surface area contributed by atoms with E-state index in [-0.39, 0.29) is 5.91 Å². The van der Waals surface area contributed by atoms with Gasteiger partial charge in [0.15, 0.2) is 0 Å². The van der Waals surface area contributed by atoms with Crippen LogP contribution >= 0.6 is 11.3 Å². The molecule has 1 aromatic heterocycles. The first-order valence-electron chi connectivity index (χ1n) is 11.2. The summed E-state index contributed by atoms with van der Waals surface area (Å²) in [6.07, 6.45) is 2.22. The Morgan fingerprint density at radius 2 is 1.79 bits per heavy atom. The Hall–Kier alpha value is -3.10. The van der Waals surface area contributed by atoms with E-state index in [0.29, 0.717) is 31.2 Å². The van der Waals surface area contributed by atoms with Gasteiger partial charge in [0.2, 0.25) is 11.0 Å². The smallest absolute Gasteiger partial charge is 0.307 e. The molecule has 7 nitrogen and oxygen atoms in total. The first-order valence-corrected chi connectivity index (χ1v) is 12.0. The summed E-state index contributed by atoms with van der Waals surface area (Å²) in [5.41, 5.74) is 2.98. The van der Waals surface area contributed by atoms with Gasteiger partial charge in [0, 0.05) is 25.2 Å². The quantitative estimate of drug-likeness (QED) is 0.411. The SMILES string of the molecule is CCCCN(C(=O)Cc1ccccc1)c1nnc(-c2ccc(CNCC(C)C(=O)O)cc2)s1. The maximum Gasteiger partial charge on any atom is 0.307 e. The summed E-state index contributed by atoms with van der Waals surface area (Å²) >= 11 is 1.42. The van der Waals surface area contributed by atoms with Gasteiger partial charge in [-0.05, 0) is 17.5 Å². The monoisotopic (exact) mass is 466 g/mol. The van der Waals surface area contributed by atoms with Crippen LogP contribution in [0.1, 0.15) is 37.8 Å². The van der Waals surface area contributed by atoms with Crippen LogP contribution in [0.2, 0.25) is 0 Å². The zero-order valence-electron chi connectivity index (χ0n) is 19.0. The number of carboxylic acid groups (broad SMARTS) is 1. The molecule has 0 aliphatic rings. The third-order valence-corrected chi connectivity index (χ3v) is 6.28. The number of aromatic nitrogens is 2. The van der Waals surface area contributed by atoms with Crippen LogP contribution in [-0.2, 0) is 22.6 Å². The number of nitrogens with one attached hydrogen (secondary N) is 1. The third kappa shape index (κ3) is 7.20. The van der Waals surface area contributed by atoms with Gasteiger partial charge in [-0.2, -0.15) is 0 Å². The molecular weight excluding hydrogens is 436 g/mol. The van der Waals surface area contributed by atoms with E-state index in [9.17, 15) is 9.59 Å². The number of carbonyl (C=O) groups excluding carboxylic acids is 1. The van der Waals surface area contributed by atoms with Crippen molar-refractivity contribution in [2.24, 2.45) is 5.92 Å². The van der Waals surface area contributed by atoms with Gasteiger partial charge in [0.1, 0.15) is 5.01 Å². The molecule has 3 aromatic rings. The highest BCUT2D eigenvalue weighted by Crippen LogP contribution is 2.29. The van der Waals surface area contributed by atoms with Gasteiger partial charge in [-0.15, -0.1) is 10.2 Å². The highest BCUT2D eigenvalue weighted by atomic mass is 32.1. The molecule has 0 radical (unpaired) electrons. The van der Waals surface area contributed by atoms with Crippen molar-refractivity contribution in [3.63, 3.8) is 0 Å². The van der Waals surface area contributed by atoms with Crippen molar-refractivity contribution in [3.8, 4) is 10.6 Å². The zero-order valence-corrected chi connectivity index (χ0v) is 19.8. The molecule has 0 spiro atoms. The van der Waals surface area contributed by atoms with Crippen LogP contribution in [0, 0.1) is 5.92 Å². The van der Waals surface area contributed by atoms with Crippen LogP contribution in [0.15, 0.2) is 54.6 Å². The summed E-state index contributed by atoms with van der Waals surface area (Å²) in [5.74, 6) is -1.21. The van der Waals surface area contributed by atoms with Crippen LogP contribution < -0.4 is 10.2 Å². The first kappa shape index (κ1) is 24.5. The van der Waals surface area contributed by atoms with Crippen molar-refractivity contribution in [2.45, 2.75) is 39.7 Å². The van der Waals surface area contributed by atoms with E-state index in [0.717, 1.165) is 34.5 Å². The highest BCUT2D eigenvalue weighted by molar-refractivity contribution is 7.18. The predicted octanol–water partition coefficient (Wildman–Crippen LogP) is 4.39. The average molecular weight is 467 g/mol. The molecule has 0 saturated heterocycles. The summed E-state index contributed by atoms with van der Waals surface area (Å²) in [6.45, 7) is 5.42. The van der Waals surface area contributed by atoms with Crippen LogP contribution in [0.25, 0.3) is 10.6 Å². The van der Waals surface area contributed by atoms with Gasteiger partial charge in [-0.25, -0.2) is 0 Å². The number of carbonyl (C=O) groups is 2. The lowest BCUT2D eigenvalue weighted by Gasteiger charge is -2.19. The second-order valence-corrected chi connectivity index (χ2v) is 8.97. The number of nitrogens with zero attached hydrogens (tertiary/aromatic N) is 3. The van der Waals surface area contributed by atoms with Gasteiger partial charge >= 0.3 is 5.97 Å². The molecule has 0 aliphatic heterocycles. The molecule has 3 rings (SSSR count). The molecule has 1 heterocycles. The Morgan fingerprint density at radius 1 is 1.06 bits per heavy atom. The maximum absolute atomic E-state index is 13.0. The number of hydrogen-bond donors (Lipinski definition) is 2. The lowest BCUT2D eigenvalue weighted by atomic mass is 10.1. The molecular formula is C25H30N4O3S. The van der Waals surface area contributed by atoms with E-state index in [1.807, 2.05) is 54.6 Å². The minimum Gasteiger partial charge on any atom is -0.481 e. The van der Waals surface area contributed by atoms with Crippen molar-refractivity contribution < 1.29 is 14.7 Å². The van der Waals surface area contributed by atoms with Crippen molar-refractivity contribution >= 4 is 28.3 Å². The van der Waals surface area contributed by atoms with E-state index in [4.69, 9.17) is 5.11 Å². The van der Waals surface area contributed by atoms with E-state index in [2.05, 4.69) is 22.4 Å². The molecule has 0 saturated carbocycles. The number of benzene rings is 2. The second-order valence-electron chi connectivity index (χ2n) is 8.02. The van der Waals surface area contributed by atoms with E-state index in [1.54, 1.807) is 11.8 Å². The molecule has 0 fully saturated rings. The minimum atomic E-state index is -0.805. The molecule has 1 atom stereocenters. The van der Waals surface area contributed by atoms with E-state index in [1.165, 1.54) is 11.3 Å². The third-order valence-electron chi connectivity index (χ3n) is 5.28. The minimum absolute atomic E-state index is 0.0226. The van der Waals surface area contributed by atoms with Crippen LogP contribution in [0.3, 0.4) is 0 Å². The van der Waals surface area contributed by atoms with Crippen LogP contribution in [0.4, 0.5) is 5.13 Å². The topological polar surface area (TPSA) is 95.4 Å². The first-order chi connectivity index (χ1) is 16.0. The molecule has 0 aliphatic carbocycles. The Labute approximate surface area is 198 Å². The van der Waals surface area contributed by atoms with Crippen molar-refractivity contribution in [1.82, 2.24) is 15.5 Å². The Kier molecular flexibility index (Phi) is 9.09. The van der Waals surface area contributed by atoms with Gasteiger partial charge in [-0.1, -0.05) is 86.2 Å². The number of anilines is 1. The molecule has 33 heavy (non-hydrogen) atoms. The maximum atomic E-state index is 13.0. The number of amides is 1. The number of rotatable bonds is 12. The summed E-state index contributed by atoms with van der Waals surface area (Å²) in [6, 6.07) is 17.7. The van der Waals surface area contributed by atoms with Gasteiger partial charge in [0.05, 0.1) is 12.3 Å². The second kappa shape index (κ2) is 12.2. The summed E-state index contributed by atoms with van der Waals surface area (Å²) in [4.78, 5) is 25.7. The molecule has 2 aromatic carbocycles. The molecule has 174 valence electrons. The molecule has 8 heteroatoms. The fourth-order valence-electron chi connectivity index (χ4n) is 3.24. The number of carboxylic acids is 1.